The average Bonchev–Trinajstić information content (AvgIpc) is 2.40. The van der Waals surface area contributed by atoms with Crippen LogP contribution in [-0.2, 0) is 0 Å². The van der Waals surface area contributed by atoms with Crippen molar-refractivity contribution in [1.29, 1.82) is 0 Å². The molecule has 0 unspecified atom stereocenters. The Morgan fingerprint density at radius 2 is 2.00 bits per heavy atom. The number of ether oxygens (including phenoxy) is 1. The maximum absolute atomic E-state index is 10.9. The van der Waals surface area contributed by atoms with Crippen molar-refractivity contribution in [2.75, 3.05) is 6.61 Å². The van der Waals surface area contributed by atoms with Crippen LogP contribution in [0.3, 0.4) is 0 Å². The molecule has 0 saturated heterocycles. The number of carbonyl (C=O) groups is 1. The molecule has 17 heavy (non-hydrogen) atoms. The van der Waals surface area contributed by atoms with Gasteiger partial charge in [0.05, 0.1) is 12.3 Å². The van der Waals surface area contributed by atoms with Gasteiger partial charge in [0.2, 0.25) is 0 Å². The molecule has 1 aromatic heterocycles. The Morgan fingerprint density at radius 3 is 2.65 bits per heavy atom. The quantitative estimate of drug-likeness (QED) is 0.754. The molecule has 0 atom stereocenters. The van der Waals surface area contributed by atoms with E-state index in [4.69, 9.17) is 4.74 Å². The number of nitrogens with zero attached hydrogens (tertiary/aromatic N) is 1. The highest BCUT2D eigenvalue weighted by atomic mass is 16.5. The maximum Gasteiger partial charge on any atom is 0.152 e. The van der Waals surface area contributed by atoms with Crippen molar-refractivity contribution in [2.24, 2.45) is 0 Å². The summed E-state index contributed by atoms with van der Waals surface area (Å²) < 4.78 is 5.36. The van der Waals surface area contributed by atoms with E-state index in [2.05, 4.69) is 4.98 Å². The second-order valence-corrected chi connectivity index (χ2v) is 3.52. The molecule has 3 heteroatoms. The molecule has 0 saturated carbocycles. The van der Waals surface area contributed by atoms with Crippen molar-refractivity contribution in [3.63, 3.8) is 0 Å². The summed E-state index contributed by atoms with van der Waals surface area (Å²) in [7, 11) is 0. The minimum Gasteiger partial charge on any atom is -0.494 e. The molecule has 0 aliphatic carbocycles. The molecule has 0 aliphatic rings. The van der Waals surface area contributed by atoms with Gasteiger partial charge < -0.3 is 4.74 Å². The van der Waals surface area contributed by atoms with Crippen molar-refractivity contribution >= 4 is 6.29 Å². The van der Waals surface area contributed by atoms with Crippen LogP contribution < -0.4 is 4.74 Å². The number of benzene rings is 1. The standard InChI is InChI=1S/C14H13NO2/c1-2-17-13-7-5-11(6-8-13)14-12(10-16)4-3-9-15-14/h3-10H,2H2,1H3. The molecule has 0 fully saturated rings. The summed E-state index contributed by atoms with van der Waals surface area (Å²) in [6.45, 7) is 2.58. The summed E-state index contributed by atoms with van der Waals surface area (Å²) in [5.74, 6) is 0.819. The first-order valence-corrected chi connectivity index (χ1v) is 5.48. The summed E-state index contributed by atoms with van der Waals surface area (Å²) in [5.41, 5.74) is 2.21. The van der Waals surface area contributed by atoms with Gasteiger partial charge in [-0.15, -0.1) is 0 Å². The van der Waals surface area contributed by atoms with Crippen LogP contribution in [0.1, 0.15) is 17.3 Å². The lowest BCUT2D eigenvalue weighted by molar-refractivity contribution is 0.112. The number of hydrogen-bond acceptors (Lipinski definition) is 3. The SMILES string of the molecule is CCOc1ccc(-c2ncccc2C=O)cc1. The van der Waals surface area contributed by atoms with Gasteiger partial charge >= 0.3 is 0 Å². The fraction of sp³-hybridized carbons (Fsp3) is 0.143. The van der Waals surface area contributed by atoms with E-state index in [1.165, 1.54) is 0 Å². The molecular formula is C14H13NO2. The lowest BCUT2D eigenvalue weighted by Crippen LogP contribution is -1.93. The van der Waals surface area contributed by atoms with Gasteiger partial charge in [0.25, 0.3) is 0 Å². The number of aromatic nitrogens is 1. The zero-order valence-electron chi connectivity index (χ0n) is 9.59. The van der Waals surface area contributed by atoms with Crippen LogP contribution >= 0.6 is 0 Å². The normalized spacial score (nSPS) is 9.94. The van der Waals surface area contributed by atoms with E-state index in [0.717, 1.165) is 17.6 Å². The van der Waals surface area contributed by atoms with E-state index >= 15 is 0 Å². The van der Waals surface area contributed by atoms with E-state index in [9.17, 15) is 4.79 Å². The van der Waals surface area contributed by atoms with Crippen LogP contribution in [0.15, 0.2) is 42.6 Å². The third kappa shape index (κ3) is 2.50. The molecule has 0 amide bonds. The first-order valence-electron chi connectivity index (χ1n) is 5.48. The Hall–Kier alpha value is -2.16. The Morgan fingerprint density at radius 1 is 1.24 bits per heavy atom. The lowest BCUT2D eigenvalue weighted by Gasteiger charge is -2.06. The highest BCUT2D eigenvalue weighted by Gasteiger charge is 2.05. The van der Waals surface area contributed by atoms with Crippen LogP contribution in [0.25, 0.3) is 11.3 Å². The maximum atomic E-state index is 10.9. The Balaban J connectivity index is 2.36. The van der Waals surface area contributed by atoms with E-state index in [1.807, 2.05) is 31.2 Å². The zero-order valence-corrected chi connectivity index (χ0v) is 9.59. The molecule has 1 aromatic carbocycles. The minimum absolute atomic E-state index is 0.594. The molecule has 2 rings (SSSR count). The molecule has 2 aromatic rings. The van der Waals surface area contributed by atoms with Gasteiger partial charge in [-0.05, 0) is 43.3 Å². The molecule has 0 aliphatic heterocycles. The third-order valence-electron chi connectivity index (χ3n) is 2.40. The van der Waals surface area contributed by atoms with Crippen LogP contribution in [-0.4, -0.2) is 17.9 Å². The fourth-order valence-electron chi connectivity index (χ4n) is 1.63. The predicted molar refractivity (Wildman–Crippen MR) is 66.2 cm³/mol. The van der Waals surface area contributed by atoms with E-state index in [1.54, 1.807) is 18.3 Å². The summed E-state index contributed by atoms with van der Waals surface area (Å²) in [6.07, 6.45) is 2.50. The van der Waals surface area contributed by atoms with Crippen LogP contribution in [0.2, 0.25) is 0 Å². The molecular weight excluding hydrogens is 214 g/mol. The molecule has 0 N–H and O–H groups in total. The van der Waals surface area contributed by atoms with E-state index in [0.29, 0.717) is 17.9 Å². The lowest BCUT2D eigenvalue weighted by atomic mass is 10.1. The molecule has 0 bridgehead atoms. The van der Waals surface area contributed by atoms with Crippen LogP contribution in [0, 0.1) is 0 Å². The number of pyridine rings is 1. The second kappa shape index (κ2) is 5.25. The number of aldehydes is 1. The highest BCUT2D eigenvalue weighted by molar-refractivity contribution is 5.85. The molecule has 0 spiro atoms. The molecule has 0 radical (unpaired) electrons. The first kappa shape index (κ1) is 11.3. The van der Waals surface area contributed by atoms with Gasteiger partial charge in [0, 0.05) is 17.3 Å². The minimum atomic E-state index is 0.594. The molecule has 1 heterocycles. The van der Waals surface area contributed by atoms with Crippen LogP contribution in [0.4, 0.5) is 0 Å². The van der Waals surface area contributed by atoms with E-state index in [-0.39, 0.29) is 0 Å². The smallest absolute Gasteiger partial charge is 0.152 e. The highest BCUT2D eigenvalue weighted by Crippen LogP contribution is 2.22. The fourth-order valence-corrected chi connectivity index (χ4v) is 1.63. The van der Waals surface area contributed by atoms with Gasteiger partial charge in [-0.2, -0.15) is 0 Å². The summed E-state index contributed by atoms with van der Waals surface area (Å²) in [4.78, 5) is 15.1. The zero-order chi connectivity index (χ0) is 12.1. The summed E-state index contributed by atoms with van der Waals surface area (Å²) in [6, 6.07) is 11.1. The van der Waals surface area contributed by atoms with Gasteiger partial charge in [-0.1, -0.05) is 0 Å². The summed E-state index contributed by atoms with van der Waals surface area (Å²) in [5, 5.41) is 0. The van der Waals surface area contributed by atoms with Crippen LogP contribution in [0.5, 0.6) is 5.75 Å². The van der Waals surface area contributed by atoms with Gasteiger partial charge in [0.15, 0.2) is 6.29 Å². The van der Waals surface area contributed by atoms with Gasteiger partial charge in [-0.3, -0.25) is 9.78 Å². The van der Waals surface area contributed by atoms with Crippen molar-refractivity contribution in [3.8, 4) is 17.0 Å². The Kier molecular flexibility index (Phi) is 3.50. The van der Waals surface area contributed by atoms with Crippen molar-refractivity contribution in [3.05, 3.63) is 48.2 Å². The summed E-state index contributed by atoms with van der Waals surface area (Å²) >= 11 is 0. The first-order chi connectivity index (χ1) is 8.35. The average molecular weight is 227 g/mol. The number of hydrogen-bond donors (Lipinski definition) is 0. The largest absolute Gasteiger partial charge is 0.494 e. The van der Waals surface area contributed by atoms with Gasteiger partial charge in [0.1, 0.15) is 5.75 Å². The van der Waals surface area contributed by atoms with Gasteiger partial charge in [-0.25, -0.2) is 0 Å². The third-order valence-corrected chi connectivity index (χ3v) is 2.40. The van der Waals surface area contributed by atoms with E-state index < -0.39 is 0 Å². The predicted octanol–water partition coefficient (Wildman–Crippen LogP) is 2.96. The number of rotatable bonds is 4. The Labute approximate surface area is 100 Å². The Bertz CT molecular complexity index is 506. The topological polar surface area (TPSA) is 39.2 Å². The second-order valence-electron chi connectivity index (χ2n) is 3.52. The molecule has 3 nitrogen and oxygen atoms in total. The number of carbonyl (C=O) groups excluding carboxylic acids is 1. The van der Waals surface area contributed by atoms with Crippen molar-refractivity contribution in [1.82, 2.24) is 4.98 Å². The van der Waals surface area contributed by atoms with Crippen molar-refractivity contribution < 1.29 is 9.53 Å². The molecule has 86 valence electrons. The monoisotopic (exact) mass is 227 g/mol. The van der Waals surface area contributed by atoms with Crippen molar-refractivity contribution in [2.45, 2.75) is 6.92 Å².